The van der Waals surface area contributed by atoms with Crippen molar-refractivity contribution < 1.29 is 44.3 Å². The molecule has 0 aliphatic carbocycles. The Morgan fingerprint density at radius 3 is 1.65 bits per heavy atom. The van der Waals surface area contributed by atoms with E-state index in [1.54, 1.807) is 0 Å². The van der Waals surface area contributed by atoms with Crippen LogP contribution in [-0.2, 0) is 5.67 Å². The molecule has 12 heteroatoms. The van der Waals surface area contributed by atoms with Gasteiger partial charge < -0.3 is 4.74 Å². The molecule has 1 aromatic heterocycles. The molecule has 0 bridgehead atoms. The van der Waals surface area contributed by atoms with E-state index >= 15 is 0 Å². The van der Waals surface area contributed by atoms with Gasteiger partial charge in [-0.1, -0.05) is 0 Å². The van der Waals surface area contributed by atoms with Gasteiger partial charge in [0.15, 0.2) is 0 Å². The zero-order valence-corrected chi connectivity index (χ0v) is 9.20. The molecule has 114 valence electrons. The third kappa shape index (κ3) is 2.33. The minimum atomic E-state index is -6.63. The lowest BCUT2D eigenvalue weighted by Crippen LogP contribution is -2.51. The van der Waals surface area contributed by atoms with Gasteiger partial charge in [-0.05, 0) is 0 Å². The van der Waals surface area contributed by atoms with Crippen molar-refractivity contribution in [1.82, 2.24) is 9.97 Å². The number of methoxy groups -OCH3 is 1. The van der Waals surface area contributed by atoms with Crippen molar-refractivity contribution in [3.63, 3.8) is 0 Å². The molecule has 0 aromatic carbocycles. The lowest BCUT2D eigenvalue weighted by atomic mass is 9.99. The number of alkyl halides is 7. The number of hydrogen-bond donors (Lipinski definition) is 0. The van der Waals surface area contributed by atoms with Crippen LogP contribution in [0.5, 0.6) is 5.88 Å². The number of halogens is 9. The summed E-state index contributed by atoms with van der Waals surface area (Å²) in [5.74, 6) is -4.10. The van der Waals surface area contributed by atoms with Gasteiger partial charge in [-0.25, -0.2) is 4.39 Å². The van der Waals surface area contributed by atoms with E-state index in [9.17, 15) is 39.5 Å². The first-order valence-electron chi connectivity index (χ1n) is 4.46. The Balaban J connectivity index is 3.73. The maximum atomic E-state index is 13.5. The first-order chi connectivity index (χ1) is 8.86. The summed E-state index contributed by atoms with van der Waals surface area (Å²) in [7, 11) is 0.579. The van der Waals surface area contributed by atoms with Crippen molar-refractivity contribution in [2.75, 3.05) is 7.11 Å². The fourth-order valence-corrected chi connectivity index (χ4v) is 1.19. The summed E-state index contributed by atoms with van der Waals surface area (Å²) >= 11 is 0. The molecule has 0 atom stereocenters. The van der Waals surface area contributed by atoms with Gasteiger partial charge in [0.2, 0.25) is 5.82 Å². The van der Waals surface area contributed by atoms with Crippen LogP contribution in [0.2, 0.25) is 0 Å². The van der Waals surface area contributed by atoms with Gasteiger partial charge in [-0.15, -0.1) is 0 Å². The molecule has 0 saturated heterocycles. The molecule has 1 rings (SSSR count). The Hall–Kier alpha value is -1.75. The number of rotatable bonds is 2. The van der Waals surface area contributed by atoms with Crippen LogP contribution in [-0.4, -0.2) is 29.4 Å². The summed E-state index contributed by atoms with van der Waals surface area (Å²) in [6.45, 7) is 0. The molecule has 3 nitrogen and oxygen atoms in total. The molecule has 0 fully saturated rings. The summed E-state index contributed by atoms with van der Waals surface area (Å²) in [5, 5.41) is 0. The van der Waals surface area contributed by atoms with Crippen molar-refractivity contribution in [2.24, 2.45) is 0 Å². The minimum absolute atomic E-state index is 0.579. The van der Waals surface area contributed by atoms with Gasteiger partial charge in [0.1, 0.15) is 5.69 Å². The SMILES string of the molecule is COc1nc(F)nc(C(F)(C(F)(F)F)C(F)(F)F)c1F. The van der Waals surface area contributed by atoms with Gasteiger partial charge in [0.25, 0.3) is 5.88 Å². The molecule has 0 aliphatic rings. The van der Waals surface area contributed by atoms with E-state index in [1.807, 2.05) is 4.98 Å². The quantitative estimate of drug-likeness (QED) is 0.622. The molecule has 0 amide bonds. The molecule has 0 spiro atoms. The van der Waals surface area contributed by atoms with E-state index in [0.717, 1.165) is 0 Å². The molecular weight excluding hydrogens is 311 g/mol. The second-order valence-corrected chi connectivity index (χ2v) is 3.32. The van der Waals surface area contributed by atoms with Gasteiger partial charge in [-0.3, -0.25) is 0 Å². The summed E-state index contributed by atoms with van der Waals surface area (Å²) in [5.41, 5.74) is -9.07. The van der Waals surface area contributed by atoms with E-state index < -0.39 is 41.5 Å². The Kier molecular flexibility index (Phi) is 3.80. The van der Waals surface area contributed by atoms with Crippen molar-refractivity contribution in [1.29, 1.82) is 0 Å². The van der Waals surface area contributed by atoms with E-state index in [0.29, 0.717) is 7.11 Å². The van der Waals surface area contributed by atoms with Crippen LogP contribution < -0.4 is 4.74 Å². The zero-order valence-electron chi connectivity index (χ0n) is 9.20. The van der Waals surface area contributed by atoms with Crippen LogP contribution in [0.4, 0.5) is 39.5 Å². The third-order valence-corrected chi connectivity index (χ3v) is 2.09. The van der Waals surface area contributed by atoms with E-state index in [4.69, 9.17) is 0 Å². The molecule has 0 unspecified atom stereocenters. The fourth-order valence-electron chi connectivity index (χ4n) is 1.19. The van der Waals surface area contributed by atoms with E-state index in [1.165, 1.54) is 0 Å². The maximum absolute atomic E-state index is 13.5. The summed E-state index contributed by atoms with van der Waals surface area (Å²) in [6.07, 6.45) is -15.5. The Labute approximate surface area is 104 Å². The maximum Gasteiger partial charge on any atom is 0.437 e. The highest BCUT2D eigenvalue weighted by Gasteiger charge is 2.76. The molecular formula is C8H3F9N2O. The highest BCUT2D eigenvalue weighted by atomic mass is 19.4. The van der Waals surface area contributed by atoms with Crippen LogP contribution in [0.15, 0.2) is 0 Å². The molecule has 0 N–H and O–H groups in total. The predicted molar refractivity (Wildman–Crippen MR) is 43.4 cm³/mol. The molecule has 20 heavy (non-hydrogen) atoms. The molecule has 0 aliphatic heterocycles. The van der Waals surface area contributed by atoms with Crippen LogP contribution in [0.25, 0.3) is 0 Å². The van der Waals surface area contributed by atoms with Gasteiger partial charge in [-0.2, -0.15) is 45.1 Å². The first-order valence-corrected chi connectivity index (χ1v) is 4.46. The highest BCUT2D eigenvalue weighted by molar-refractivity contribution is 5.26. The standard InChI is InChI=1S/C8H3F9N2O/c1-20-4-2(9)3(18-5(10)19-4)6(11,7(12,13)14)8(15,16)17/h1H3. The lowest BCUT2D eigenvalue weighted by Gasteiger charge is -2.29. The smallest absolute Gasteiger partial charge is 0.437 e. The fraction of sp³-hybridized carbons (Fsp3) is 0.500. The number of aromatic nitrogens is 2. The van der Waals surface area contributed by atoms with Gasteiger partial charge >= 0.3 is 24.1 Å². The average Bonchev–Trinajstić information content (AvgIpc) is 2.27. The van der Waals surface area contributed by atoms with Crippen LogP contribution in [0, 0.1) is 11.9 Å². The van der Waals surface area contributed by atoms with Crippen LogP contribution in [0.1, 0.15) is 5.69 Å². The molecule has 0 radical (unpaired) electrons. The molecule has 1 aromatic rings. The van der Waals surface area contributed by atoms with Gasteiger partial charge in [0, 0.05) is 0 Å². The van der Waals surface area contributed by atoms with E-state index in [-0.39, 0.29) is 0 Å². The number of ether oxygens (including phenoxy) is 1. The summed E-state index contributed by atoms with van der Waals surface area (Å²) < 4.78 is 118. The highest BCUT2D eigenvalue weighted by Crippen LogP contribution is 2.53. The third-order valence-electron chi connectivity index (χ3n) is 2.09. The first kappa shape index (κ1) is 16.3. The zero-order chi connectivity index (χ0) is 15.9. The largest absolute Gasteiger partial charge is 0.479 e. The molecule has 1 heterocycles. The second-order valence-electron chi connectivity index (χ2n) is 3.32. The topological polar surface area (TPSA) is 35.0 Å². The van der Waals surface area contributed by atoms with Crippen molar-refractivity contribution in [3.8, 4) is 5.88 Å². The second kappa shape index (κ2) is 4.66. The average molecular weight is 314 g/mol. The van der Waals surface area contributed by atoms with Gasteiger partial charge in [0.05, 0.1) is 7.11 Å². The normalized spacial score (nSPS) is 13.5. The van der Waals surface area contributed by atoms with E-state index in [2.05, 4.69) is 9.72 Å². The van der Waals surface area contributed by atoms with Crippen LogP contribution >= 0.6 is 0 Å². The lowest BCUT2D eigenvalue weighted by molar-refractivity contribution is -0.350. The monoisotopic (exact) mass is 314 g/mol. The van der Waals surface area contributed by atoms with Crippen molar-refractivity contribution in [3.05, 3.63) is 17.6 Å². The Morgan fingerprint density at radius 1 is 0.850 bits per heavy atom. The van der Waals surface area contributed by atoms with Crippen molar-refractivity contribution >= 4 is 0 Å². The van der Waals surface area contributed by atoms with Crippen LogP contribution in [0.3, 0.4) is 0 Å². The summed E-state index contributed by atoms with van der Waals surface area (Å²) in [4.78, 5) is 4.39. The number of hydrogen-bond acceptors (Lipinski definition) is 3. The number of nitrogens with zero attached hydrogens (tertiary/aromatic N) is 2. The van der Waals surface area contributed by atoms with Crippen molar-refractivity contribution in [2.45, 2.75) is 18.0 Å². The molecule has 0 saturated carbocycles. The predicted octanol–water partition coefficient (Wildman–Crippen LogP) is 3.05. The summed E-state index contributed by atoms with van der Waals surface area (Å²) in [6, 6.07) is 0. The Morgan fingerprint density at radius 2 is 1.30 bits per heavy atom. The Bertz CT molecular complexity index is 496. The minimum Gasteiger partial charge on any atom is -0.479 e.